The molecule has 3 heteroatoms. The van der Waals surface area contributed by atoms with Crippen molar-refractivity contribution >= 4 is 0 Å². The van der Waals surface area contributed by atoms with Crippen molar-refractivity contribution in [2.75, 3.05) is 0 Å². The summed E-state index contributed by atoms with van der Waals surface area (Å²) in [5.41, 5.74) is -0.238. The molecule has 0 bridgehead atoms. The quantitative estimate of drug-likeness (QED) is 0.819. The normalized spacial score (nSPS) is 21.9. The molecular weight excluding hydrogens is 234 g/mol. The summed E-state index contributed by atoms with van der Waals surface area (Å²) in [5.74, 6) is -1.40. The van der Waals surface area contributed by atoms with Crippen molar-refractivity contribution in [1.29, 1.82) is 0 Å². The third-order valence-electron chi connectivity index (χ3n) is 3.60. The van der Waals surface area contributed by atoms with Gasteiger partial charge in [0, 0.05) is 0 Å². The van der Waals surface area contributed by atoms with Crippen LogP contribution in [0.1, 0.15) is 23.1 Å². The predicted octanol–water partition coefficient (Wildman–Crippen LogP) is 3.15. The number of aryl methyl sites for hydroxylation is 1. The highest BCUT2D eigenvalue weighted by atomic mass is 19.1. The van der Waals surface area contributed by atoms with Gasteiger partial charge in [0.2, 0.25) is 0 Å². The molecule has 1 aliphatic rings. The average molecular weight is 246 g/mol. The Hall–Kier alpha value is -1.74. The standard InChI is InChI=1S/C15H12F2O/c16-12-6-3-7-13(17)14(12)15(18)9-8-10-4-1-2-5-11(10)15/h1-7,18H,8-9H2. The number of rotatable bonds is 1. The molecule has 1 atom stereocenters. The van der Waals surface area contributed by atoms with Crippen LogP contribution < -0.4 is 0 Å². The topological polar surface area (TPSA) is 20.2 Å². The van der Waals surface area contributed by atoms with E-state index in [1.165, 1.54) is 18.2 Å². The molecule has 92 valence electrons. The van der Waals surface area contributed by atoms with E-state index in [1.54, 1.807) is 12.1 Å². The predicted molar refractivity (Wildman–Crippen MR) is 64.1 cm³/mol. The lowest BCUT2D eigenvalue weighted by Gasteiger charge is -2.25. The fourth-order valence-corrected chi connectivity index (χ4v) is 2.74. The van der Waals surface area contributed by atoms with Gasteiger partial charge in [-0.2, -0.15) is 0 Å². The number of halogens is 2. The molecule has 0 amide bonds. The maximum Gasteiger partial charge on any atom is 0.132 e. The molecule has 1 N–H and O–H groups in total. The van der Waals surface area contributed by atoms with E-state index in [0.717, 1.165) is 5.56 Å². The Bertz CT molecular complexity index is 589. The van der Waals surface area contributed by atoms with Crippen LogP contribution in [-0.4, -0.2) is 5.11 Å². The van der Waals surface area contributed by atoms with Crippen molar-refractivity contribution < 1.29 is 13.9 Å². The lowest BCUT2D eigenvalue weighted by Crippen LogP contribution is -2.27. The molecule has 2 aromatic carbocycles. The first kappa shape index (κ1) is 11.4. The maximum absolute atomic E-state index is 13.8. The second kappa shape index (κ2) is 3.89. The van der Waals surface area contributed by atoms with E-state index in [1.807, 2.05) is 12.1 Å². The lowest BCUT2D eigenvalue weighted by atomic mass is 9.87. The fourth-order valence-electron chi connectivity index (χ4n) is 2.74. The van der Waals surface area contributed by atoms with Gasteiger partial charge < -0.3 is 5.11 Å². The zero-order valence-corrected chi connectivity index (χ0v) is 9.66. The first-order valence-corrected chi connectivity index (χ1v) is 5.88. The molecule has 0 saturated carbocycles. The van der Waals surface area contributed by atoms with Gasteiger partial charge in [-0.05, 0) is 36.1 Å². The highest BCUT2D eigenvalue weighted by Crippen LogP contribution is 2.43. The number of benzene rings is 2. The van der Waals surface area contributed by atoms with E-state index in [4.69, 9.17) is 0 Å². The minimum Gasteiger partial charge on any atom is -0.380 e. The van der Waals surface area contributed by atoms with Gasteiger partial charge in [0.1, 0.15) is 17.2 Å². The van der Waals surface area contributed by atoms with E-state index >= 15 is 0 Å². The molecular formula is C15H12F2O. The van der Waals surface area contributed by atoms with Gasteiger partial charge in [-0.15, -0.1) is 0 Å². The maximum atomic E-state index is 13.8. The third kappa shape index (κ3) is 1.47. The Morgan fingerprint density at radius 1 is 0.944 bits per heavy atom. The number of aliphatic hydroxyl groups is 1. The largest absolute Gasteiger partial charge is 0.380 e. The van der Waals surface area contributed by atoms with Gasteiger partial charge in [-0.3, -0.25) is 0 Å². The van der Waals surface area contributed by atoms with Crippen LogP contribution in [0, 0.1) is 11.6 Å². The number of hydrogen-bond donors (Lipinski definition) is 1. The zero-order chi connectivity index (χ0) is 12.8. The Morgan fingerprint density at radius 3 is 2.33 bits per heavy atom. The third-order valence-corrected chi connectivity index (χ3v) is 3.60. The number of fused-ring (bicyclic) bond motifs is 1. The van der Waals surface area contributed by atoms with E-state index in [9.17, 15) is 13.9 Å². The van der Waals surface area contributed by atoms with Crippen LogP contribution in [0.5, 0.6) is 0 Å². The van der Waals surface area contributed by atoms with Crippen LogP contribution in [-0.2, 0) is 12.0 Å². The molecule has 0 saturated heterocycles. The molecule has 0 radical (unpaired) electrons. The van der Waals surface area contributed by atoms with Crippen molar-refractivity contribution in [3.8, 4) is 0 Å². The molecule has 0 fully saturated rings. The molecule has 1 nitrogen and oxygen atoms in total. The SMILES string of the molecule is OC1(c2c(F)cccc2F)CCc2ccccc21. The Kier molecular flexibility index (Phi) is 2.45. The molecule has 2 aromatic rings. The Morgan fingerprint density at radius 2 is 1.61 bits per heavy atom. The van der Waals surface area contributed by atoms with Gasteiger partial charge in [-0.1, -0.05) is 30.3 Å². The lowest BCUT2D eigenvalue weighted by molar-refractivity contribution is 0.0746. The van der Waals surface area contributed by atoms with Crippen LogP contribution in [0.2, 0.25) is 0 Å². The van der Waals surface area contributed by atoms with E-state index in [0.29, 0.717) is 18.4 Å². The molecule has 1 aliphatic carbocycles. The van der Waals surface area contributed by atoms with Crippen LogP contribution >= 0.6 is 0 Å². The van der Waals surface area contributed by atoms with Gasteiger partial charge in [0.25, 0.3) is 0 Å². The van der Waals surface area contributed by atoms with Crippen molar-refractivity contribution in [1.82, 2.24) is 0 Å². The van der Waals surface area contributed by atoms with Crippen molar-refractivity contribution in [3.05, 3.63) is 70.8 Å². The summed E-state index contributed by atoms with van der Waals surface area (Å²) in [5, 5.41) is 10.7. The Balaban J connectivity index is 2.24. The average Bonchev–Trinajstić information content (AvgIpc) is 2.69. The molecule has 18 heavy (non-hydrogen) atoms. The first-order chi connectivity index (χ1) is 8.63. The first-order valence-electron chi connectivity index (χ1n) is 5.88. The molecule has 3 rings (SSSR count). The van der Waals surface area contributed by atoms with Gasteiger partial charge in [0.05, 0.1) is 5.56 Å². The molecule has 0 heterocycles. The second-order valence-corrected chi connectivity index (χ2v) is 4.61. The summed E-state index contributed by atoms with van der Waals surface area (Å²) in [7, 11) is 0. The fraction of sp³-hybridized carbons (Fsp3) is 0.200. The summed E-state index contributed by atoms with van der Waals surface area (Å²) in [6, 6.07) is 10.9. The van der Waals surface area contributed by atoms with Gasteiger partial charge >= 0.3 is 0 Å². The molecule has 0 aliphatic heterocycles. The highest BCUT2D eigenvalue weighted by Gasteiger charge is 2.41. The number of hydrogen-bond acceptors (Lipinski definition) is 1. The zero-order valence-electron chi connectivity index (χ0n) is 9.66. The summed E-state index contributed by atoms with van der Waals surface area (Å²) in [4.78, 5) is 0. The van der Waals surface area contributed by atoms with Crippen LogP contribution in [0.25, 0.3) is 0 Å². The van der Waals surface area contributed by atoms with Crippen LogP contribution in [0.4, 0.5) is 8.78 Å². The highest BCUT2D eigenvalue weighted by molar-refractivity contribution is 5.45. The minimum absolute atomic E-state index is 0.241. The summed E-state index contributed by atoms with van der Waals surface area (Å²) < 4.78 is 27.7. The second-order valence-electron chi connectivity index (χ2n) is 4.61. The minimum atomic E-state index is -1.55. The van der Waals surface area contributed by atoms with Gasteiger partial charge in [0.15, 0.2) is 0 Å². The monoisotopic (exact) mass is 246 g/mol. The smallest absolute Gasteiger partial charge is 0.132 e. The Labute approximate surface area is 104 Å². The van der Waals surface area contributed by atoms with E-state index in [2.05, 4.69) is 0 Å². The van der Waals surface area contributed by atoms with E-state index in [-0.39, 0.29) is 5.56 Å². The van der Waals surface area contributed by atoms with Crippen LogP contribution in [0.3, 0.4) is 0 Å². The van der Waals surface area contributed by atoms with Crippen molar-refractivity contribution in [3.63, 3.8) is 0 Å². The van der Waals surface area contributed by atoms with Crippen molar-refractivity contribution in [2.45, 2.75) is 18.4 Å². The van der Waals surface area contributed by atoms with Crippen molar-refractivity contribution in [2.24, 2.45) is 0 Å². The molecule has 1 unspecified atom stereocenters. The molecule has 0 spiro atoms. The molecule has 0 aromatic heterocycles. The van der Waals surface area contributed by atoms with Crippen LogP contribution in [0.15, 0.2) is 42.5 Å². The van der Waals surface area contributed by atoms with E-state index < -0.39 is 17.2 Å². The summed E-state index contributed by atoms with van der Waals surface area (Å²) >= 11 is 0. The van der Waals surface area contributed by atoms with Gasteiger partial charge in [-0.25, -0.2) is 8.78 Å². The summed E-state index contributed by atoms with van der Waals surface area (Å²) in [6.07, 6.45) is 0.935. The summed E-state index contributed by atoms with van der Waals surface area (Å²) in [6.45, 7) is 0.